The van der Waals surface area contributed by atoms with Crippen LogP contribution < -0.4 is 11.1 Å². The van der Waals surface area contributed by atoms with Gasteiger partial charge < -0.3 is 20.7 Å². The van der Waals surface area contributed by atoms with E-state index in [0.717, 1.165) is 18.4 Å². The largest absolute Gasteiger partial charge is 0.466 e. The lowest BCUT2D eigenvalue weighted by molar-refractivity contribution is -0.161. The van der Waals surface area contributed by atoms with Gasteiger partial charge in [-0.1, -0.05) is 60.7 Å². The van der Waals surface area contributed by atoms with Gasteiger partial charge in [0.15, 0.2) is 0 Å². The van der Waals surface area contributed by atoms with Crippen LogP contribution in [-0.4, -0.2) is 54.0 Å². The van der Waals surface area contributed by atoms with Gasteiger partial charge in [-0.3, -0.25) is 14.4 Å². The number of esters is 1. The maximum atomic E-state index is 13.8. The number of nitrogens with zero attached hydrogens (tertiary/aromatic N) is 1. The summed E-state index contributed by atoms with van der Waals surface area (Å²) in [6, 6.07) is 19.2. The molecule has 2 atom stereocenters. The van der Waals surface area contributed by atoms with Crippen molar-refractivity contribution in [2.45, 2.75) is 70.9 Å². The van der Waals surface area contributed by atoms with E-state index in [1.165, 1.54) is 5.56 Å². The molecule has 0 radical (unpaired) electrons. The van der Waals surface area contributed by atoms with Gasteiger partial charge in [0.25, 0.3) is 0 Å². The summed E-state index contributed by atoms with van der Waals surface area (Å²) in [5, 5.41) is 2.90. The minimum atomic E-state index is -1.11. The maximum Gasteiger partial charge on any atom is 0.314 e. The van der Waals surface area contributed by atoms with E-state index < -0.39 is 17.0 Å². The highest BCUT2D eigenvalue weighted by Gasteiger charge is 2.45. The molecule has 1 aliphatic heterocycles. The number of amides is 2. The number of nitrogens with one attached hydrogen (secondary N) is 1. The number of hydrogen-bond donors (Lipinski definition) is 2. The Balaban J connectivity index is 1.79. The van der Waals surface area contributed by atoms with Gasteiger partial charge in [-0.2, -0.15) is 0 Å². The fourth-order valence-electron chi connectivity index (χ4n) is 4.95. The van der Waals surface area contributed by atoms with E-state index in [9.17, 15) is 14.4 Å². The van der Waals surface area contributed by atoms with E-state index >= 15 is 0 Å². The molecule has 2 amide bonds. The van der Waals surface area contributed by atoms with Crippen LogP contribution in [-0.2, 0) is 32.0 Å². The van der Waals surface area contributed by atoms with E-state index in [-0.39, 0.29) is 30.9 Å². The predicted molar refractivity (Wildman–Crippen MR) is 145 cm³/mol. The molecule has 1 fully saturated rings. The third-order valence-corrected chi connectivity index (χ3v) is 6.97. The lowest BCUT2D eigenvalue weighted by Gasteiger charge is -2.42. The van der Waals surface area contributed by atoms with Crippen molar-refractivity contribution in [3.05, 3.63) is 71.8 Å². The first-order valence-electron chi connectivity index (χ1n) is 13.3. The quantitative estimate of drug-likeness (QED) is 0.452. The second kappa shape index (κ2) is 12.9. The molecular formula is C30H41N3O4. The zero-order valence-corrected chi connectivity index (χ0v) is 22.4. The van der Waals surface area contributed by atoms with E-state index in [2.05, 4.69) is 17.4 Å². The van der Waals surface area contributed by atoms with Crippen LogP contribution in [0.15, 0.2) is 60.7 Å². The smallest absolute Gasteiger partial charge is 0.314 e. The van der Waals surface area contributed by atoms with Crippen LogP contribution >= 0.6 is 0 Å². The highest BCUT2D eigenvalue weighted by atomic mass is 16.5. The average Bonchev–Trinajstić information content (AvgIpc) is 2.88. The van der Waals surface area contributed by atoms with Gasteiger partial charge >= 0.3 is 5.97 Å². The van der Waals surface area contributed by atoms with Crippen molar-refractivity contribution in [1.82, 2.24) is 10.2 Å². The fourth-order valence-corrected chi connectivity index (χ4v) is 4.95. The van der Waals surface area contributed by atoms with E-state index in [4.69, 9.17) is 10.5 Å². The van der Waals surface area contributed by atoms with Crippen molar-refractivity contribution in [3.8, 4) is 0 Å². The summed E-state index contributed by atoms with van der Waals surface area (Å²) in [5.41, 5.74) is 6.31. The summed E-state index contributed by atoms with van der Waals surface area (Å²) in [7, 11) is 0. The molecule has 1 saturated heterocycles. The van der Waals surface area contributed by atoms with Crippen LogP contribution in [0.1, 0.15) is 57.6 Å². The zero-order chi connectivity index (χ0) is 26.9. The molecule has 0 bridgehead atoms. The van der Waals surface area contributed by atoms with Gasteiger partial charge in [0.2, 0.25) is 11.8 Å². The van der Waals surface area contributed by atoms with E-state index in [1.54, 1.807) is 25.7 Å². The summed E-state index contributed by atoms with van der Waals surface area (Å²) in [4.78, 5) is 41.6. The van der Waals surface area contributed by atoms with Crippen LogP contribution in [0.2, 0.25) is 0 Å². The molecule has 3 rings (SSSR count). The van der Waals surface area contributed by atoms with Gasteiger partial charge in [-0.05, 0) is 70.4 Å². The van der Waals surface area contributed by atoms with Crippen molar-refractivity contribution in [2.75, 3.05) is 19.7 Å². The normalized spacial score (nSPS) is 18.6. The topological polar surface area (TPSA) is 102 Å². The lowest BCUT2D eigenvalue weighted by Crippen LogP contribution is -2.59. The van der Waals surface area contributed by atoms with Gasteiger partial charge in [0, 0.05) is 13.1 Å². The van der Waals surface area contributed by atoms with Crippen LogP contribution in [0.25, 0.3) is 0 Å². The number of likely N-dealkylation sites (tertiary alicyclic amines) is 1. The maximum absolute atomic E-state index is 13.8. The van der Waals surface area contributed by atoms with Crippen molar-refractivity contribution in [1.29, 1.82) is 0 Å². The highest BCUT2D eigenvalue weighted by molar-refractivity contribution is 5.92. The molecule has 0 spiro atoms. The second-order valence-corrected chi connectivity index (χ2v) is 10.7. The summed E-state index contributed by atoms with van der Waals surface area (Å²) >= 11 is 0. The first-order chi connectivity index (χ1) is 17.6. The van der Waals surface area contributed by atoms with Gasteiger partial charge in [-0.15, -0.1) is 0 Å². The minimum absolute atomic E-state index is 0.174. The minimum Gasteiger partial charge on any atom is -0.466 e. The molecule has 200 valence electrons. The Morgan fingerprint density at radius 2 is 1.68 bits per heavy atom. The molecule has 1 heterocycles. The molecule has 1 aliphatic rings. The van der Waals surface area contributed by atoms with Crippen molar-refractivity contribution in [3.63, 3.8) is 0 Å². The third-order valence-electron chi connectivity index (χ3n) is 6.97. The molecule has 7 nitrogen and oxygen atoms in total. The molecule has 0 saturated carbocycles. The molecule has 0 aliphatic carbocycles. The SMILES string of the molecule is CCOC(=O)[C@]1(Cc2ccccc2)CCCN(C(=O)[C@@H](CCCc2ccccc2)NC(=O)C(C)(C)N)C1. The molecule has 3 N–H and O–H groups in total. The third kappa shape index (κ3) is 7.89. The Morgan fingerprint density at radius 3 is 2.27 bits per heavy atom. The Kier molecular flexibility index (Phi) is 9.86. The number of carbonyl (C=O) groups is 3. The number of aryl methyl sites for hydroxylation is 1. The molecular weight excluding hydrogens is 466 g/mol. The number of hydrogen-bond acceptors (Lipinski definition) is 5. The van der Waals surface area contributed by atoms with Gasteiger partial charge in [0.05, 0.1) is 17.6 Å². The van der Waals surface area contributed by atoms with Crippen molar-refractivity contribution in [2.24, 2.45) is 11.1 Å². The van der Waals surface area contributed by atoms with Crippen LogP contribution in [0, 0.1) is 5.41 Å². The molecule has 37 heavy (non-hydrogen) atoms. The summed E-state index contributed by atoms with van der Waals surface area (Å²) in [5.74, 6) is -0.820. The number of nitrogens with two attached hydrogens (primary N) is 1. The van der Waals surface area contributed by atoms with E-state index in [1.807, 2.05) is 48.5 Å². The van der Waals surface area contributed by atoms with Crippen LogP contribution in [0.3, 0.4) is 0 Å². The van der Waals surface area contributed by atoms with E-state index in [0.29, 0.717) is 32.2 Å². The summed E-state index contributed by atoms with van der Waals surface area (Å²) < 4.78 is 5.51. The number of carbonyl (C=O) groups excluding carboxylic acids is 3. The average molecular weight is 508 g/mol. The first-order valence-corrected chi connectivity index (χ1v) is 13.3. The molecule has 2 aromatic rings. The standard InChI is InChI=1S/C30H41N3O4/c1-4-37-28(36)30(21-24-15-9-6-10-16-24)19-12-20-33(22-30)26(34)25(32-27(35)29(2,3)31)18-11-17-23-13-7-5-8-14-23/h5-10,13-16,25H,4,11-12,17-22,31H2,1-3H3,(H,32,35)/t25-,30+/m1/s1. The number of ether oxygens (including phenoxy) is 1. The molecule has 7 heteroatoms. The molecule has 2 aromatic carbocycles. The molecule has 0 unspecified atom stereocenters. The van der Waals surface area contributed by atoms with Gasteiger partial charge in [-0.25, -0.2) is 0 Å². The fraction of sp³-hybridized carbons (Fsp3) is 0.500. The Labute approximate surface area is 220 Å². The molecule has 0 aromatic heterocycles. The van der Waals surface area contributed by atoms with Crippen LogP contribution in [0.4, 0.5) is 0 Å². The number of benzene rings is 2. The number of rotatable bonds is 11. The van der Waals surface area contributed by atoms with Crippen LogP contribution in [0.5, 0.6) is 0 Å². The van der Waals surface area contributed by atoms with Gasteiger partial charge in [0.1, 0.15) is 6.04 Å². The predicted octanol–water partition coefficient (Wildman–Crippen LogP) is 3.65. The second-order valence-electron chi connectivity index (χ2n) is 10.7. The first kappa shape index (κ1) is 28.4. The lowest BCUT2D eigenvalue weighted by atomic mass is 9.75. The summed E-state index contributed by atoms with van der Waals surface area (Å²) in [6.45, 7) is 6.13. The highest BCUT2D eigenvalue weighted by Crippen LogP contribution is 2.36. The van der Waals surface area contributed by atoms with Crippen molar-refractivity contribution < 1.29 is 19.1 Å². The number of piperidine rings is 1. The monoisotopic (exact) mass is 507 g/mol. The van der Waals surface area contributed by atoms with Crippen molar-refractivity contribution >= 4 is 17.8 Å². The Bertz CT molecular complexity index is 1040. The summed E-state index contributed by atoms with van der Waals surface area (Å²) in [6.07, 6.45) is 3.84. The Hall–Kier alpha value is -3.19. The zero-order valence-electron chi connectivity index (χ0n) is 22.4. The Morgan fingerprint density at radius 1 is 1.05 bits per heavy atom.